The van der Waals surface area contributed by atoms with Gasteiger partial charge in [-0.15, -0.1) is 0 Å². The molecule has 0 aromatic heterocycles. The summed E-state index contributed by atoms with van der Waals surface area (Å²) in [5, 5.41) is 4.97. The first-order chi connectivity index (χ1) is 15.3. The molecule has 166 valence electrons. The molecule has 5 nitrogen and oxygen atoms in total. The first-order valence-corrected chi connectivity index (χ1v) is 10.9. The van der Waals surface area contributed by atoms with Gasteiger partial charge < -0.3 is 15.5 Å². The van der Waals surface area contributed by atoms with Crippen LogP contribution in [0.15, 0.2) is 72.8 Å². The maximum absolute atomic E-state index is 12.8. The molecule has 3 N–H and O–H groups in total. The second kappa shape index (κ2) is 10.7. The van der Waals surface area contributed by atoms with Crippen molar-refractivity contribution in [2.45, 2.75) is 26.8 Å². The van der Waals surface area contributed by atoms with Crippen molar-refractivity contribution in [1.82, 2.24) is 4.90 Å². The van der Waals surface area contributed by atoms with Crippen LogP contribution in [-0.4, -0.2) is 36.9 Å². The Morgan fingerprint density at radius 1 is 0.844 bits per heavy atom. The van der Waals surface area contributed by atoms with Gasteiger partial charge in [-0.25, -0.2) is 0 Å². The summed E-state index contributed by atoms with van der Waals surface area (Å²) in [6.07, 6.45) is 0. The summed E-state index contributed by atoms with van der Waals surface area (Å²) in [6, 6.07) is 24.4. The lowest BCUT2D eigenvalue weighted by molar-refractivity contribution is -0.677. The number of anilines is 1. The van der Waals surface area contributed by atoms with Crippen LogP contribution in [0.2, 0.25) is 0 Å². The molecule has 0 heterocycles. The van der Waals surface area contributed by atoms with Gasteiger partial charge in [0.25, 0.3) is 5.91 Å². The number of likely N-dealkylation sites (N-methyl/N-ethyl adjacent to an activating group) is 1. The fraction of sp³-hybridized carbons (Fsp3) is 0.259. The molecule has 0 spiro atoms. The van der Waals surface area contributed by atoms with E-state index in [4.69, 9.17) is 0 Å². The zero-order valence-corrected chi connectivity index (χ0v) is 19.3. The maximum atomic E-state index is 12.8. The molecule has 0 saturated heterocycles. The minimum absolute atomic E-state index is 0.0117. The normalized spacial score (nSPS) is 11.6. The minimum Gasteiger partial charge on any atom is -0.332 e. The average Bonchev–Trinajstić information content (AvgIpc) is 2.78. The number of carbonyl (C=O) groups is 2. The largest absolute Gasteiger partial charge is 0.332 e. The molecule has 0 aliphatic rings. The molecule has 0 aliphatic carbocycles. The number of amides is 2. The zero-order chi connectivity index (χ0) is 23.1. The van der Waals surface area contributed by atoms with Gasteiger partial charge in [0, 0.05) is 23.9 Å². The van der Waals surface area contributed by atoms with Gasteiger partial charge in [0.2, 0.25) is 5.91 Å². The molecule has 0 saturated carbocycles. The number of nitrogens with two attached hydrogens (primary N) is 1. The molecular weight excluding hydrogens is 398 g/mol. The summed E-state index contributed by atoms with van der Waals surface area (Å²) in [4.78, 5) is 26.8. The number of hydrogen-bond acceptors (Lipinski definition) is 2. The van der Waals surface area contributed by atoms with Gasteiger partial charge in [-0.05, 0) is 31.9 Å². The van der Waals surface area contributed by atoms with Crippen molar-refractivity contribution in [2.24, 2.45) is 0 Å². The van der Waals surface area contributed by atoms with Crippen LogP contribution >= 0.6 is 0 Å². The van der Waals surface area contributed by atoms with E-state index < -0.39 is 0 Å². The molecule has 2 amide bonds. The molecule has 32 heavy (non-hydrogen) atoms. The van der Waals surface area contributed by atoms with Gasteiger partial charge in [0.15, 0.2) is 6.54 Å². The first-order valence-electron chi connectivity index (χ1n) is 10.9. The standard InChI is InChI=1S/C27H31N3O2/c1-19-13-15-23(16-14-19)27(22-11-6-5-7-12-22)28-17-25(32)30(4)18-24(31)29-26-20(2)9-8-10-21(26)3/h5-16,27-28H,17-18H2,1-4H3,(H,29,31)/p+1/t27-/m1/s1. The monoisotopic (exact) mass is 430 g/mol. The Morgan fingerprint density at radius 3 is 2.06 bits per heavy atom. The first kappa shape index (κ1) is 23.2. The van der Waals surface area contributed by atoms with Crippen molar-refractivity contribution in [3.8, 4) is 0 Å². The molecule has 3 rings (SSSR count). The smallest absolute Gasteiger partial charge is 0.277 e. The lowest BCUT2D eigenvalue weighted by atomic mass is 9.98. The van der Waals surface area contributed by atoms with Gasteiger partial charge in [-0.1, -0.05) is 78.4 Å². The Hall–Kier alpha value is -3.44. The molecule has 0 unspecified atom stereocenters. The van der Waals surface area contributed by atoms with Gasteiger partial charge in [-0.2, -0.15) is 0 Å². The number of hydrogen-bond donors (Lipinski definition) is 2. The Balaban J connectivity index is 1.63. The van der Waals surface area contributed by atoms with Crippen molar-refractivity contribution >= 4 is 17.5 Å². The highest BCUT2D eigenvalue weighted by Crippen LogP contribution is 2.20. The number of nitrogens with zero attached hydrogens (tertiary/aromatic N) is 1. The van der Waals surface area contributed by atoms with E-state index in [9.17, 15) is 9.59 Å². The Morgan fingerprint density at radius 2 is 1.44 bits per heavy atom. The van der Waals surface area contributed by atoms with E-state index in [0.717, 1.165) is 27.9 Å². The summed E-state index contributed by atoms with van der Waals surface area (Å²) >= 11 is 0. The van der Waals surface area contributed by atoms with E-state index in [0.29, 0.717) is 0 Å². The summed E-state index contributed by atoms with van der Waals surface area (Å²) in [7, 11) is 1.67. The third-order valence-corrected chi connectivity index (χ3v) is 5.68. The van der Waals surface area contributed by atoms with Crippen molar-refractivity contribution < 1.29 is 14.9 Å². The molecule has 0 aliphatic heterocycles. The van der Waals surface area contributed by atoms with Crippen molar-refractivity contribution in [3.63, 3.8) is 0 Å². The molecule has 0 radical (unpaired) electrons. The highest BCUT2D eigenvalue weighted by molar-refractivity contribution is 5.95. The highest BCUT2D eigenvalue weighted by Gasteiger charge is 2.21. The van der Waals surface area contributed by atoms with Crippen LogP contribution in [0.25, 0.3) is 0 Å². The fourth-order valence-corrected chi connectivity index (χ4v) is 3.77. The predicted octanol–water partition coefficient (Wildman–Crippen LogP) is 3.36. The van der Waals surface area contributed by atoms with Gasteiger partial charge in [-0.3, -0.25) is 9.59 Å². The second-order valence-corrected chi connectivity index (χ2v) is 8.30. The topological polar surface area (TPSA) is 66.0 Å². The van der Waals surface area contributed by atoms with E-state index in [1.165, 1.54) is 10.5 Å². The zero-order valence-electron chi connectivity index (χ0n) is 19.3. The highest BCUT2D eigenvalue weighted by atomic mass is 16.2. The molecule has 0 bridgehead atoms. The number of carbonyl (C=O) groups excluding carboxylic acids is 2. The van der Waals surface area contributed by atoms with Crippen LogP contribution in [0.1, 0.15) is 33.9 Å². The van der Waals surface area contributed by atoms with Gasteiger partial charge >= 0.3 is 0 Å². The van der Waals surface area contributed by atoms with Crippen LogP contribution in [0.5, 0.6) is 0 Å². The third-order valence-electron chi connectivity index (χ3n) is 5.68. The molecule has 1 atom stereocenters. The van der Waals surface area contributed by atoms with Crippen LogP contribution in [-0.2, 0) is 9.59 Å². The number of rotatable bonds is 8. The number of quaternary nitrogens is 1. The fourth-order valence-electron chi connectivity index (χ4n) is 3.77. The average molecular weight is 431 g/mol. The number of aryl methyl sites for hydroxylation is 3. The molecule has 5 heteroatoms. The van der Waals surface area contributed by atoms with Gasteiger partial charge in [0.05, 0.1) is 6.54 Å². The molecule has 3 aromatic carbocycles. The summed E-state index contributed by atoms with van der Waals surface area (Å²) < 4.78 is 0. The van der Waals surface area contributed by atoms with Gasteiger partial charge in [0.1, 0.15) is 6.04 Å². The number of para-hydroxylation sites is 1. The minimum atomic E-state index is -0.198. The van der Waals surface area contributed by atoms with E-state index in [1.54, 1.807) is 7.05 Å². The van der Waals surface area contributed by atoms with Crippen molar-refractivity contribution in [3.05, 3.63) is 101 Å². The SMILES string of the molecule is Cc1ccc([C@H]([NH2+]CC(=O)N(C)CC(=O)Nc2c(C)cccc2C)c2ccccc2)cc1. The third kappa shape index (κ3) is 6.05. The number of nitrogens with one attached hydrogen (secondary N) is 1. The Labute approximate surface area is 190 Å². The lowest BCUT2D eigenvalue weighted by Gasteiger charge is -2.20. The Kier molecular flexibility index (Phi) is 7.79. The summed E-state index contributed by atoms with van der Waals surface area (Å²) in [5.41, 5.74) is 6.30. The lowest BCUT2D eigenvalue weighted by Crippen LogP contribution is -2.87. The van der Waals surface area contributed by atoms with Crippen LogP contribution in [0.3, 0.4) is 0 Å². The molecule has 3 aromatic rings. The summed E-state index contributed by atoms with van der Waals surface area (Å²) in [5.74, 6) is -0.286. The van der Waals surface area contributed by atoms with Crippen molar-refractivity contribution in [1.29, 1.82) is 0 Å². The van der Waals surface area contributed by atoms with E-state index in [2.05, 4.69) is 48.6 Å². The quantitative estimate of drug-likeness (QED) is 0.576. The second-order valence-electron chi connectivity index (χ2n) is 8.30. The van der Waals surface area contributed by atoms with Crippen LogP contribution < -0.4 is 10.6 Å². The van der Waals surface area contributed by atoms with Crippen LogP contribution in [0.4, 0.5) is 5.69 Å². The molecule has 0 fully saturated rings. The summed E-state index contributed by atoms with van der Waals surface area (Å²) in [6.45, 7) is 6.25. The van der Waals surface area contributed by atoms with E-state index in [-0.39, 0.29) is 30.9 Å². The van der Waals surface area contributed by atoms with Crippen LogP contribution in [0, 0.1) is 20.8 Å². The maximum Gasteiger partial charge on any atom is 0.277 e. The van der Waals surface area contributed by atoms with Crippen molar-refractivity contribution in [2.75, 3.05) is 25.5 Å². The molecular formula is C27H32N3O2+. The Bertz CT molecular complexity index is 1040. The van der Waals surface area contributed by atoms with E-state index in [1.807, 2.05) is 55.6 Å². The van der Waals surface area contributed by atoms with E-state index >= 15 is 0 Å². The number of benzene rings is 3. The predicted molar refractivity (Wildman–Crippen MR) is 128 cm³/mol.